The van der Waals surface area contributed by atoms with Crippen LogP contribution in [0.2, 0.25) is 0 Å². The summed E-state index contributed by atoms with van der Waals surface area (Å²) in [6.07, 6.45) is 3.33. The summed E-state index contributed by atoms with van der Waals surface area (Å²) in [5.74, 6) is 0.0949. The molecule has 0 aliphatic rings. The molecule has 0 aliphatic carbocycles. The molecule has 0 amide bonds. The van der Waals surface area contributed by atoms with Crippen molar-refractivity contribution < 1.29 is 4.79 Å². The number of carbonyl (C=O) groups excluding carboxylic acids is 1. The lowest BCUT2D eigenvalue weighted by Gasteiger charge is -1.83. The van der Waals surface area contributed by atoms with Gasteiger partial charge >= 0.3 is 0 Å². The molecule has 0 aliphatic heterocycles. The van der Waals surface area contributed by atoms with Gasteiger partial charge in [-0.15, -0.1) is 11.3 Å². The van der Waals surface area contributed by atoms with E-state index in [4.69, 9.17) is 0 Å². The van der Waals surface area contributed by atoms with Crippen molar-refractivity contribution in [3.63, 3.8) is 0 Å². The standard InChI is InChI=1S/C8H8OS/c1-2-4-7(9)8-5-3-6-10-8/h2-6H,1H3. The molecule has 1 rings (SSSR count). The molecule has 52 valence electrons. The molecule has 0 saturated carbocycles. The van der Waals surface area contributed by atoms with Crippen LogP contribution in [-0.2, 0) is 0 Å². The molecule has 2 heteroatoms. The fourth-order valence-corrected chi connectivity index (χ4v) is 1.30. The summed E-state index contributed by atoms with van der Waals surface area (Å²) in [6, 6.07) is 3.70. The Labute approximate surface area is 64.0 Å². The van der Waals surface area contributed by atoms with Gasteiger partial charge in [0.25, 0.3) is 0 Å². The van der Waals surface area contributed by atoms with E-state index in [9.17, 15) is 4.79 Å². The number of carbonyl (C=O) groups is 1. The second-order valence-electron chi connectivity index (χ2n) is 1.84. The summed E-state index contributed by atoms with van der Waals surface area (Å²) in [5, 5.41) is 1.90. The number of rotatable bonds is 2. The van der Waals surface area contributed by atoms with Gasteiger partial charge in [0, 0.05) is 0 Å². The van der Waals surface area contributed by atoms with Crippen LogP contribution in [0.25, 0.3) is 0 Å². The number of allylic oxidation sites excluding steroid dienone is 2. The van der Waals surface area contributed by atoms with Crippen molar-refractivity contribution in [2.45, 2.75) is 6.92 Å². The molecule has 0 spiro atoms. The lowest BCUT2D eigenvalue weighted by Crippen LogP contribution is -1.87. The molecule has 0 fully saturated rings. The Hall–Kier alpha value is -0.890. The maximum Gasteiger partial charge on any atom is 0.195 e. The van der Waals surface area contributed by atoms with Crippen LogP contribution in [0, 0.1) is 0 Å². The van der Waals surface area contributed by atoms with E-state index < -0.39 is 0 Å². The fourth-order valence-electron chi connectivity index (χ4n) is 0.652. The van der Waals surface area contributed by atoms with Crippen molar-refractivity contribution in [2.75, 3.05) is 0 Å². The normalized spacial score (nSPS) is 10.5. The van der Waals surface area contributed by atoms with Gasteiger partial charge in [0.15, 0.2) is 5.78 Å². The molecule has 1 aromatic heterocycles. The third-order valence-electron chi connectivity index (χ3n) is 1.08. The van der Waals surface area contributed by atoms with E-state index in [1.807, 2.05) is 24.4 Å². The Kier molecular flexibility index (Phi) is 2.40. The van der Waals surface area contributed by atoms with Gasteiger partial charge < -0.3 is 0 Å². The summed E-state index contributed by atoms with van der Waals surface area (Å²) >= 11 is 1.47. The van der Waals surface area contributed by atoms with Crippen LogP contribution in [0.15, 0.2) is 29.7 Å². The zero-order valence-corrected chi connectivity index (χ0v) is 6.52. The third-order valence-corrected chi connectivity index (χ3v) is 1.97. The third kappa shape index (κ3) is 1.54. The molecule has 0 aromatic carbocycles. The molecular formula is C8H8OS. The smallest absolute Gasteiger partial charge is 0.195 e. The second-order valence-corrected chi connectivity index (χ2v) is 2.79. The van der Waals surface area contributed by atoms with Crippen LogP contribution in [0.1, 0.15) is 16.6 Å². The Balaban J connectivity index is 2.78. The van der Waals surface area contributed by atoms with E-state index in [0.717, 1.165) is 4.88 Å². The average Bonchev–Trinajstić information content (AvgIpc) is 2.38. The number of hydrogen-bond acceptors (Lipinski definition) is 2. The van der Waals surface area contributed by atoms with E-state index in [1.54, 1.807) is 12.2 Å². The van der Waals surface area contributed by atoms with Crippen LogP contribution in [0.4, 0.5) is 0 Å². The first-order valence-electron chi connectivity index (χ1n) is 3.05. The Morgan fingerprint density at radius 3 is 3.00 bits per heavy atom. The Morgan fingerprint density at radius 2 is 2.50 bits per heavy atom. The average molecular weight is 152 g/mol. The summed E-state index contributed by atoms with van der Waals surface area (Å²) in [5.41, 5.74) is 0. The zero-order valence-electron chi connectivity index (χ0n) is 5.70. The van der Waals surface area contributed by atoms with E-state index in [-0.39, 0.29) is 5.78 Å². The summed E-state index contributed by atoms with van der Waals surface area (Å²) in [6.45, 7) is 1.84. The fraction of sp³-hybridized carbons (Fsp3) is 0.125. The van der Waals surface area contributed by atoms with Crippen molar-refractivity contribution in [2.24, 2.45) is 0 Å². The summed E-state index contributed by atoms with van der Waals surface area (Å²) < 4.78 is 0. The second kappa shape index (κ2) is 3.32. The molecule has 0 unspecified atom stereocenters. The lowest BCUT2D eigenvalue weighted by molar-refractivity contribution is 0.105. The molecule has 1 heterocycles. The van der Waals surface area contributed by atoms with Crippen molar-refractivity contribution in [1.29, 1.82) is 0 Å². The van der Waals surface area contributed by atoms with Crippen molar-refractivity contribution >= 4 is 17.1 Å². The SMILES string of the molecule is CC=CC(=O)c1cccs1. The minimum atomic E-state index is 0.0949. The van der Waals surface area contributed by atoms with Gasteiger partial charge in [0.2, 0.25) is 0 Å². The first-order valence-corrected chi connectivity index (χ1v) is 3.93. The van der Waals surface area contributed by atoms with Crippen LogP contribution in [-0.4, -0.2) is 5.78 Å². The molecular weight excluding hydrogens is 144 g/mol. The Morgan fingerprint density at radius 1 is 1.70 bits per heavy atom. The van der Waals surface area contributed by atoms with Gasteiger partial charge in [0.1, 0.15) is 0 Å². The monoisotopic (exact) mass is 152 g/mol. The molecule has 0 bridgehead atoms. The largest absolute Gasteiger partial charge is 0.288 e. The van der Waals surface area contributed by atoms with Gasteiger partial charge in [-0.3, -0.25) is 4.79 Å². The lowest BCUT2D eigenvalue weighted by atomic mass is 10.3. The molecule has 0 saturated heterocycles. The van der Waals surface area contributed by atoms with Gasteiger partial charge in [-0.2, -0.15) is 0 Å². The van der Waals surface area contributed by atoms with E-state index in [2.05, 4.69) is 0 Å². The van der Waals surface area contributed by atoms with E-state index in [1.165, 1.54) is 11.3 Å². The van der Waals surface area contributed by atoms with Crippen LogP contribution in [0.3, 0.4) is 0 Å². The van der Waals surface area contributed by atoms with Crippen molar-refractivity contribution in [3.8, 4) is 0 Å². The molecule has 1 nitrogen and oxygen atoms in total. The predicted octanol–water partition coefficient (Wildman–Crippen LogP) is 2.51. The zero-order chi connectivity index (χ0) is 7.40. The van der Waals surface area contributed by atoms with Crippen molar-refractivity contribution in [3.05, 3.63) is 34.5 Å². The molecule has 10 heavy (non-hydrogen) atoms. The van der Waals surface area contributed by atoms with Crippen LogP contribution >= 0.6 is 11.3 Å². The van der Waals surface area contributed by atoms with Gasteiger partial charge in [-0.25, -0.2) is 0 Å². The first-order chi connectivity index (χ1) is 4.84. The van der Waals surface area contributed by atoms with E-state index >= 15 is 0 Å². The minimum absolute atomic E-state index is 0.0949. The molecule has 0 radical (unpaired) electrons. The quantitative estimate of drug-likeness (QED) is 0.470. The van der Waals surface area contributed by atoms with E-state index in [0.29, 0.717) is 0 Å². The number of ketones is 1. The van der Waals surface area contributed by atoms with Gasteiger partial charge in [-0.05, 0) is 24.4 Å². The molecule has 0 N–H and O–H groups in total. The Bertz CT molecular complexity index is 234. The summed E-state index contributed by atoms with van der Waals surface area (Å²) in [7, 11) is 0. The maximum atomic E-state index is 11.0. The predicted molar refractivity (Wildman–Crippen MR) is 43.5 cm³/mol. The number of thiophene rings is 1. The minimum Gasteiger partial charge on any atom is -0.288 e. The highest BCUT2D eigenvalue weighted by atomic mass is 32.1. The highest BCUT2D eigenvalue weighted by Crippen LogP contribution is 2.09. The number of hydrogen-bond donors (Lipinski definition) is 0. The first kappa shape index (κ1) is 7.22. The highest BCUT2D eigenvalue weighted by Gasteiger charge is 1.99. The van der Waals surface area contributed by atoms with Gasteiger partial charge in [-0.1, -0.05) is 12.1 Å². The maximum absolute atomic E-state index is 11.0. The van der Waals surface area contributed by atoms with Gasteiger partial charge in [0.05, 0.1) is 4.88 Å². The molecule has 0 atom stereocenters. The molecule has 1 aromatic rings. The van der Waals surface area contributed by atoms with Crippen molar-refractivity contribution in [1.82, 2.24) is 0 Å². The van der Waals surface area contributed by atoms with Crippen LogP contribution in [0.5, 0.6) is 0 Å². The van der Waals surface area contributed by atoms with Crippen LogP contribution < -0.4 is 0 Å². The topological polar surface area (TPSA) is 17.1 Å². The highest BCUT2D eigenvalue weighted by molar-refractivity contribution is 7.12. The summed E-state index contributed by atoms with van der Waals surface area (Å²) in [4.78, 5) is 11.8.